The summed E-state index contributed by atoms with van der Waals surface area (Å²) >= 11 is 1.61. The number of methoxy groups -OCH3 is 1. The second-order valence-electron chi connectivity index (χ2n) is 6.98. The molecule has 1 aromatic carbocycles. The zero-order valence-corrected chi connectivity index (χ0v) is 16.2. The number of ether oxygens (including phenoxy) is 1. The topological polar surface area (TPSA) is 38.3 Å². The minimum absolute atomic E-state index is 0.104. The average molecular weight is 338 g/mol. The highest BCUT2D eigenvalue weighted by Gasteiger charge is 2.16. The molecule has 0 radical (unpaired) electrons. The number of rotatable bonds is 8. The van der Waals surface area contributed by atoms with E-state index < -0.39 is 0 Å². The number of amides is 1. The molecule has 1 N–H and O–H groups in total. The van der Waals surface area contributed by atoms with E-state index >= 15 is 0 Å². The van der Waals surface area contributed by atoms with Crippen LogP contribution >= 0.6 is 11.8 Å². The summed E-state index contributed by atoms with van der Waals surface area (Å²) in [5.41, 5.74) is 5.53. The number of carbonyl (C=O) groups excluding carboxylic acids is 1. The zero-order valence-electron chi connectivity index (χ0n) is 15.4. The molecule has 0 heterocycles. The first-order valence-corrected chi connectivity index (χ1v) is 9.35. The summed E-state index contributed by atoms with van der Waals surface area (Å²) in [5.74, 6) is 1.47. The van der Waals surface area contributed by atoms with Crippen molar-refractivity contribution in [3.05, 3.63) is 34.4 Å². The number of benzene rings is 1. The first kappa shape index (κ1) is 20.0. The predicted molar refractivity (Wildman–Crippen MR) is 101 cm³/mol. The lowest BCUT2D eigenvalue weighted by Gasteiger charge is -2.22. The van der Waals surface area contributed by atoms with Crippen molar-refractivity contribution in [2.45, 2.75) is 46.5 Å². The van der Waals surface area contributed by atoms with Gasteiger partial charge in [0, 0.05) is 19.4 Å². The second kappa shape index (κ2) is 9.33. The molecule has 0 aliphatic carbocycles. The van der Waals surface area contributed by atoms with Gasteiger partial charge in [0.1, 0.15) is 0 Å². The molecule has 0 atom stereocenters. The van der Waals surface area contributed by atoms with Crippen molar-refractivity contribution in [2.24, 2.45) is 0 Å². The average Bonchev–Trinajstić information content (AvgIpc) is 2.45. The highest BCUT2D eigenvalue weighted by molar-refractivity contribution is 7.99. The number of hydrogen-bond donors (Lipinski definition) is 1. The van der Waals surface area contributed by atoms with Gasteiger partial charge in [0.15, 0.2) is 0 Å². The Morgan fingerprint density at radius 3 is 2.35 bits per heavy atom. The van der Waals surface area contributed by atoms with Crippen LogP contribution < -0.4 is 5.32 Å². The Kier molecular flexibility index (Phi) is 8.13. The van der Waals surface area contributed by atoms with Gasteiger partial charge in [-0.2, -0.15) is 0 Å². The highest BCUT2D eigenvalue weighted by atomic mass is 32.2. The van der Waals surface area contributed by atoms with Crippen LogP contribution in [0.3, 0.4) is 0 Å². The van der Waals surface area contributed by atoms with Crippen molar-refractivity contribution in [1.82, 2.24) is 5.32 Å². The van der Waals surface area contributed by atoms with Gasteiger partial charge < -0.3 is 10.1 Å². The van der Waals surface area contributed by atoms with Crippen LogP contribution in [-0.2, 0) is 21.4 Å². The molecule has 1 aromatic rings. The van der Waals surface area contributed by atoms with Gasteiger partial charge in [0.25, 0.3) is 0 Å². The van der Waals surface area contributed by atoms with Crippen LogP contribution in [0, 0.1) is 13.8 Å². The normalized spacial score (nSPS) is 11.6. The van der Waals surface area contributed by atoms with Crippen molar-refractivity contribution in [1.29, 1.82) is 0 Å². The molecule has 0 fully saturated rings. The van der Waals surface area contributed by atoms with Crippen LogP contribution in [0.25, 0.3) is 0 Å². The third kappa shape index (κ3) is 6.96. The number of thioether (sulfide) groups is 1. The van der Waals surface area contributed by atoms with Gasteiger partial charge in [-0.1, -0.05) is 32.9 Å². The molecule has 0 unspecified atom stereocenters. The van der Waals surface area contributed by atoms with Crippen molar-refractivity contribution < 1.29 is 9.53 Å². The Morgan fingerprint density at radius 1 is 1.22 bits per heavy atom. The van der Waals surface area contributed by atoms with Crippen LogP contribution in [0.4, 0.5) is 0 Å². The first-order valence-electron chi connectivity index (χ1n) is 8.19. The fourth-order valence-corrected chi connectivity index (χ4v) is 3.22. The molecule has 1 rings (SSSR count). The molecule has 1 amide bonds. The predicted octanol–water partition coefficient (Wildman–Crippen LogP) is 3.64. The first-order chi connectivity index (χ1) is 10.8. The van der Waals surface area contributed by atoms with Gasteiger partial charge in [0.05, 0.1) is 12.4 Å². The molecule has 0 bridgehead atoms. The molecule has 4 heteroatoms. The number of carbonyl (C=O) groups is 1. The van der Waals surface area contributed by atoms with Crippen LogP contribution in [-0.4, -0.2) is 37.7 Å². The van der Waals surface area contributed by atoms with E-state index in [0.717, 1.165) is 12.2 Å². The van der Waals surface area contributed by atoms with E-state index in [4.69, 9.17) is 4.74 Å². The number of hydrogen-bond acceptors (Lipinski definition) is 3. The maximum absolute atomic E-state index is 11.8. The highest BCUT2D eigenvalue weighted by Crippen LogP contribution is 2.27. The molecule has 0 aromatic heterocycles. The standard InChI is InChI=1S/C19H31NO2S/c1-14-11-16(19(3,4)5)12-15(2)17(14)7-8-20-18(21)13-23-10-9-22-6/h11-12H,7-10,13H2,1-6H3,(H,20,21). The Balaban J connectivity index is 2.51. The summed E-state index contributed by atoms with van der Waals surface area (Å²) in [5, 5.41) is 3.01. The van der Waals surface area contributed by atoms with Gasteiger partial charge in [-0.05, 0) is 47.9 Å². The molecule has 0 saturated carbocycles. The van der Waals surface area contributed by atoms with Crippen molar-refractivity contribution in [3.63, 3.8) is 0 Å². The monoisotopic (exact) mass is 337 g/mol. The molecule has 130 valence electrons. The van der Waals surface area contributed by atoms with E-state index in [9.17, 15) is 4.79 Å². The Hall–Kier alpha value is -1.00. The van der Waals surface area contributed by atoms with Crippen LogP contribution in [0.2, 0.25) is 0 Å². The van der Waals surface area contributed by atoms with Gasteiger partial charge >= 0.3 is 0 Å². The van der Waals surface area contributed by atoms with Gasteiger partial charge in [0.2, 0.25) is 5.91 Å². The third-order valence-corrected chi connectivity index (χ3v) is 4.85. The molecule has 0 aliphatic rings. The largest absolute Gasteiger partial charge is 0.384 e. The zero-order chi connectivity index (χ0) is 17.5. The maximum atomic E-state index is 11.8. The van der Waals surface area contributed by atoms with E-state index in [-0.39, 0.29) is 11.3 Å². The second-order valence-corrected chi connectivity index (χ2v) is 8.09. The number of nitrogens with one attached hydrogen (secondary N) is 1. The number of aryl methyl sites for hydroxylation is 2. The van der Waals surface area contributed by atoms with E-state index in [2.05, 4.69) is 52.1 Å². The fourth-order valence-electron chi connectivity index (χ4n) is 2.51. The Bertz CT molecular complexity index is 498. The fraction of sp³-hybridized carbons (Fsp3) is 0.632. The molecule has 0 spiro atoms. The molecule has 3 nitrogen and oxygen atoms in total. The molecular formula is C19H31NO2S. The summed E-state index contributed by atoms with van der Waals surface area (Å²) < 4.78 is 4.97. The lowest BCUT2D eigenvalue weighted by molar-refractivity contribution is -0.118. The Labute approximate surface area is 145 Å². The summed E-state index contributed by atoms with van der Waals surface area (Å²) in [6.07, 6.45) is 0.885. The van der Waals surface area contributed by atoms with E-state index in [1.54, 1.807) is 18.9 Å². The molecule has 0 saturated heterocycles. The summed E-state index contributed by atoms with van der Waals surface area (Å²) in [6.45, 7) is 12.4. The lowest BCUT2D eigenvalue weighted by Crippen LogP contribution is -2.28. The molecular weight excluding hydrogens is 306 g/mol. The van der Waals surface area contributed by atoms with Gasteiger partial charge in [-0.3, -0.25) is 4.79 Å². The van der Waals surface area contributed by atoms with Crippen molar-refractivity contribution in [2.75, 3.05) is 31.8 Å². The van der Waals surface area contributed by atoms with Crippen molar-refractivity contribution >= 4 is 17.7 Å². The Morgan fingerprint density at radius 2 is 1.83 bits per heavy atom. The minimum atomic E-state index is 0.104. The SMILES string of the molecule is COCCSCC(=O)NCCc1c(C)cc(C(C)(C)C)cc1C. The van der Waals surface area contributed by atoms with Gasteiger partial charge in [-0.15, -0.1) is 11.8 Å². The van der Waals surface area contributed by atoms with E-state index in [1.807, 2.05) is 0 Å². The molecule has 23 heavy (non-hydrogen) atoms. The maximum Gasteiger partial charge on any atom is 0.230 e. The van der Waals surface area contributed by atoms with E-state index in [0.29, 0.717) is 18.9 Å². The quantitative estimate of drug-likeness (QED) is 0.736. The lowest BCUT2D eigenvalue weighted by atomic mass is 9.83. The van der Waals surface area contributed by atoms with Crippen LogP contribution in [0.15, 0.2) is 12.1 Å². The van der Waals surface area contributed by atoms with Gasteiger partial charge in [-0.25, -0.2) is 0 Å². The van der Waals surface area contributed by atoms with Crippen LogP contribution in [0.5, 0.6) is 0 Å². The van der Waals surface area contributed by atoms with Crippen molar-refractivity contribution in [3.8, 4) is 0 Å². The third-order valence-electron chi connectivity index (χ3n) is 3.92. The van der Waals surface area contributed by atoms with Crippen LogP contribution in [0.1, 0.15) is 43.0 Å². The molecule has 0 aliphatic heterocycles. The minimum Gasteiger partial charge on any atom is -0.384 e. The summed E-state index contributed by atoms with van der Waals surface area (Å²) in [4.78, 5) is 11.8. The summed E-state index contributed by atoms with van der Waals surface area (Å²) in [6, 6.07) is 4.56. The smallest absolute Gasteiger partial charge is 0.230 e. The summed E-state index contributed by atoms with van der Waals surface area (Å²) in [7, 11) is 1.68. The van der Waals surface area contributed by atoms with E-state index in [1.165, 1.54) is 22.3 Å².